The van der Waals surface area contributed by atoms with Crippen LogP contribution in [0.1, 0.15) is 52.9 Å². The summed E-state index contributed by atoms with van der Waals surface area (Å²) in [5.41, 5.74) is 0. The minimum absolute atomic E-state index is 0.157. The first-order chi connectivity index (χ1) is 6.74. The summed E-state index contributed by atoms with van der Waals surface area (Å²) in [7, 11) is 0. The van der Waals surface area contributed by atoms with E-state index in [-0.39, 0.29) is 12.3 Å². The monoisotopic (exact) mass is 202 g/mol. The number of unbranched alkanes of at least 4 members (excludes halogenated alkanes) is 1. The van der Waals surface area contributed by atoms with E-state index in [1.165, 1.54) is 0 Å². The molecule has 0 amide bonds. The Morgan fingerprint density at radius 3 is 2.43 bits per heavy atom. The third-order valence-corrected chi connectivity index (χ3v) is 1.85. The zero-order valence-electron chi connectivity index (χ0n) is 9.54. The van der Waals surface area contributed by atoms with Crippen molar-refractivity contribution in [2.75, 3.05) is 6.61 Å². The van der Waals surface area contributed by atoms with Crippen molar-refractivity contribution in [3.05, 3.63) is 0 Å². The Labute approximate surface area is 86.8 Å². The zero-order valence-corrected chi connectivity index (χ0v) is 9.54. The molecule has 1 atom stereocenters. The van der Waals surface area contributed by atoms with E-state index in [1.807, 2.05) is 13.8 Å². The second-order valence-corrected chi connectivity index (χ2v) is 3.30. The molecule has 0 bridgehead atoms. The molecule has 0 radical (unpaired) electrons. The predicted octanol–water partition coefficient (Wildman–Crippen LogP) is 2.88. The van der Waals surface area contributed by atoms with E-state index in [0.29, 0.717) is 13.0 Å². The van der Waals surface area contributed by atoms with Crippen LogP contribution in [0, 0.1) is 0 Å². The number of ether oxygens (including phenoxy) is 2. The zero-order chi connectivity index (χ0) is 10.8. The van der Waals surface area contributed by atoms with Crippen LogP contribution in [0.25, 0.3) is 0 Å². The number of carbonyl (C=O) groups is 1. The summed E-state index contributed by atoms with van der Waals surface area (Å²) in [6.07, 6.45) is 3.79. The van der Waals surface area contributed by atoms with Gasteiger partial charge in [-0.1, -0.05) is 27.2 Å². The third-order valence-electron chi connectivity index (χ3n) is 1.85. The van der Waals surface area contributed by atoms with Gasteiger partial charge in [0.15, 0.2) is 0 Å². The molecule has 1 unspecified atom stereocenters. The van der Waals surface area contributed by atoms with Crippen molar-refractivity contribution in [2.24, 2.45) is 0 Å². The molecule has 0 saturated heterocycles. The summed E-state index contributed by atoms with van der Waals surface area (Å²) in [5, 5.41) is 0. The van der Waals surface area contributed by atoms with Crippen LogP contribution in [0.2, 0.25) is 0 Å². The molecule has 0 aliphatic heterocycles. The fraction of sp³-hybridized carbons (Fsp3) is 0.909. The summed E-state index contributed by atoms with van der Waals surface area (Å²) in [5.74, 6) is -0.157. The van der Waals surface area contributed by atoms with Crippen molar-refractivity contribution >= 4 is 5.97 Å². The van der Waals surface area contributed by atoms with Crippen LogP contribution >= 0.6 is 0 Å². The predicted molar refractivity (Wildman–Crippen MR) is 55.9 cm³/mol. The van der Waals surface area contributed by atoms with Gasteiger partial charge in [-0.2, -0.15) is 0 Å². The minimum Gasteiger partial charge on any atom is -0.436 e. The van der Waals surface area contributed by atoms with Crippen LogP contribution < -0.4 is 0 Å². The maximum atomic E-state index is 11.1. The lowest BCUT2D eigenvalue weighted by molar-refractivity contribution is -0.179. The first kappa shape index (κ1) is 13.4. The smallest absolute Gasteiger partial charge is 0.308 e. The highest BCUT2D eigenvalue weighted by Gasteiger charge is 2.11. The van der Waals surface area contributed by atoms with Gasteiger partial charge in [0.1, 0.15) is 0 Å². The SMILES string of the molecule is CCCCOC(CC)OC(=O)CCC. The van der Waals surface area contributed by atoms with Crippen molar-refractivity contribution in [1.29, 1.82) is 0 Å². The van der Waals surface area contributed by atoms with Crippen LogP contribution in [0.3, 0.4) is 0 Å². The van der Waals surface area contributed by atoms with Gasteiger partial charge in [-0.25, -0.2) is 0 Å². The molecule has 0 rings (SSSR count). The molecule has 0 saturated carbocycles. The normalized spacial score (nSPS) is 12.5. The molecule has 0 heterocycles. The molecule has 0 fully saturated rings. The molecule has 0 aromatic rings. The summed E-state index contributed by atoms with van der Waals surface area (Å²) >= 11 is 0. The summed E-state index contributed by atoms with van der Waals surface area (Å²) in [6.45, 7) is 6.69. The van der Waals surface area contributed by atoms with Gasteiger partial charge < -0.3 is 9.47 Å². The second kappa shape index (κ2) is 9.00. The first-order valence-corrected chi connectivity index (χ1v) is 5.55. The number of rotatable bonds is 8. The van der Waals surface area contributed by atoms with E-state index in [0.717, 1.165) is 25.7 Å². The molecule has 0 aliphatic rings. The van der Waals surface area contributed by atoms with Crippen LogP contribution in [0.5, 0.6) is 0 Å². The Kier molecular flexibility index (Phi) is 8.64. The lowest BCUT2D eigenvalue weighted by Crippen LogP contribution is -2.21. The second-order valence-electron chi connectivity index (χ2n) is 3.30. The molecule has 0 aromatic heterocycles. The van der Waals surface area contributed by atoms with E-state index in [4.69, 9.17) is 9.47 Å². The van der Waals surface area contributed by atoms with Gasteiger partial charge in [0.2, 0.25) is 6.29 Å². The van der Waals surface area contributed by atoms with Gasteiger partial charge in [0.25, 0.3) is 0 Å². The molecule has 0 aliphatic carbocycles. The first-order valence-electron chi connectivity index (χ1n) is 5.55. The molecule has 0 N–H and O–H groups in total. The quantitative estimate of drug-likeness (QED) is 0.345. The summed E-state index contributed by atoms with van der Waals surface area (Å²) < 4.78 is 10.5. The highest BCUT2D eigenvalue weighted by molar-refractivity contribution is 5.69. The van der Waals surface area contributed by atoms with E-state index in [1.54, 1.807) is 0 Å². The lowest BCUT2D eigenvalue weighted by atomic mass is 10.3. The largest absolute Gasteiger partial charge is 0.436 e. The van der Waals surface area contributed by atoms with Crippen molar-refractivity contribution in [1.82, 2.24) is 0 Å². The lowest BCUT2D eigenvalue weighted by Gasteiger charge is -2.16. The molecular weight excluding hydrogens is 180 g/mol. The van der Waals surface area contributed by atoms with Crippen molar-refractivity contribution < 1.29 is 14.3 Å². The highest BCUT2D eigenvalue weighted by Crippen LogP contribution is 2.04. The maximum Gasteiger partial charge on any atom is 0.308 e. The third kappa shape index (κ3) is 6.89. The highest BCUT2D eigenvalue weighted by atomic mass is 16.7. The average molecular weight is 202 g/mol. The van der Waals surface area contributed by atoms with Gasteiger partial charge in [-0.15, -0.1) is 0 Å². The van der Waals surface area contributed by atoms with E-state index < -0.39 is 0 Å². The van der Waals surface area contributed by atoms with Crippen molar-refractivity contribution in [3.63, 3.8) is 0 Å². The topological polar surface area (TPSA) is 35.5 Å². The Morgan fingerprint density at radius 1 is 1.21 bits per heavy atom. The molecule has 14 heavy (non-hydrogen) atoms. The number of esters is 1. The number of hydrogen-bond donors (Lipinski definition) is 0. The molecule has 84 valence electrons. The van der Waals surface area contributed by atoms with Crippen LogP contribution in [0.4, 0.5) is 0 Å². The Morgan fingerprint density at radius 2 is 1.93 bits per heavy atom. The fourth-order valence-corrected chi connectivity index (χ4v) is 1.00. The van der Waals surface area contributed by atoms with Crippen LogP contribution in [-0.4, -0.2) is 18.9 Å². The van der Waals surface area contributed by atoms with Crippen molar-refractivity contribution in [2.45, 2.75) is 59.2 Å². The molecule has 3 heteroatoms. The van der Waals surface area contributed by atoms with Gasteiger partial charge >= 0.3 is 5.97 Å². The molecule has 0 spiro atoms. The summed E-state index contributed by atoms with van der Waals surface area (Å²) in [6, 6.07) is 0. The Hall–Kier alpha value is -0.570. The minimum atomic E-state index is -0.347. The van der Waals surface area contributed by atoms with E-state index in [2.05, 4.69) is 6.92 Å². The molecule has 0 aromatic carbocycles. The number of carbonyl (C=O) groups excluding carboxylic acids is 1. The molecule has 3 nitrogen and oxygen atoms in total. The van der Waals surface area contributed by atoms with Gasteiger partial charge in [0, 0.05) is 12.8 Å². The van der Waals surface area contributed by atoms with Gasteiger partial charge in [-0.05, 0) is 12.8 Å². The fourth-order valence-electron chi connectivity index (χ4n) is 1.00. The maximum absolute atomic E-state index is 11.1. The average Bonchev–Trinajstić information content (AvgIpc) is 2.17. The van der Waals surface area contributed by atoms with Crippen LogP contribution in [-0.2, 0) is 14.3 Å². The van der Waals surface area contributed by atoms with E-state index >= 15 is 0 Å². The van der Waals surface area contributed by atoms with Gasteiger partial charge in [0.05, 0.1) is 6.61 Å². The Bertz CT molecular complexity index is 145. The van der Waals surface area contributed by atoms with Crippen molar-refractivity contribution in [3.8, 4) is 0 Å². The van der Waals surface area contributed by atoms with E-state index in [9.17, 15) is 4.79 Å². The molecular formula is C11H22O3. The Balaban J connectivity index is 3.61. The standard InChI is InChI=1S/C11H22O3/c1-4-7-9-13-11(6-3)14-10(12)8-5-2/h11H,4-9H2,1-3H3. The number of hydrogen-bond acceptors (Lipinski definition) is 3. The van der Waals surface area contributed by atoms with Gasteiger partial charge in [-0.3, -0.25) is 4.79 Å². The van der Waals surface area contributed by atoms with Crippen LogP contribution in [0.15, 0.2) is 0 Å². The summed E-state index contributed by atoms with van der Waals surface area (Å²) in [4.78, 5) is 11.1.